The number of rotatable bonds is 7. The van der Waals surface area contributed by atoms with Crippen molar-refractivity contribution in [3.05, 3.63) is 28.2 Å². The summed E-state index contributed by atoms with van der Waals surface area (Å²) >= 11 is 11.7. The van der Waals surface area contributed by atoms with E-state index in [2.05, 4.69) is 5.32 Å². The average molecular weight is 326 g/mol. The number of halogens is 2. The Morgan fingerprint density at radius 2 is 2.05 bits per heavy atom. The normalized spacial score (nSPS) is 13.5. The van der Waals surface area contributed by atoms with Gasteiger partial charge in [0.1, 0.15) is 0 Å². The topological polar surface area (TPSA) is 55.4 Å². The molecule has 108 valence electrons. The summed E-state index contributed by atoms with van der Waals surface area (Å²) in [6.45, 7) is 2.87. The first-order valence-corrected chi connectivity index (χ1v) is 8.21. The molecule has 1 atom stereocenters. The zero-order chi connectivity index (χ0) is 14.5. The Hall–Kier alpha value is -0.330. The predicted octanol–water partition coefficient (Wildman–Crippen LogP) is 2.39. The zero-order valence-electron chi connectivity index (χ0n) is 10.8. The van der Waals surface area contributed by atoms with Gasteiger partial charge in [0.05, 0.1) is 22.3 Å². The number of hydrogen-bond acceptors (Lipinski definition) is 4. The smallest absolute Gasteiger partial charge is 0.181 e. The Labute approximate surface area is 124 Å². The summed E-state index contributed by atoms with van der Waals surface area (Å²) in [4.78, 5) is 0.0562. The number of methoxy groups -OCH3 is 1. The van der Waals surface area contributed by atoms with E-state index in [1.54, 1.807) is 6.07 Å². The maximum atomic E-state index is 12.3. The standard InChI is InChI=1S/C12H17Cl2NO3S/c1-3-15-10(7-18-2)8-19(16,17)12-6-9(13)4-5-11(12)14/h4-6,10,15H,3,7-8H2,1-2H3. The van der Waals surface area contributed by atoms with Gasteiger partial charge in [-0.25, -0.2) is 8.42 Å². The van der Waals surface area contributed by atoms with E-state index in [1.807, 2.05) is 6.92 Å². The molecule has 0 saturated heterocycles. The maximum absolute atomic E-state index is 12.3. The van der Waals surface area contributed by atoms with E-state index in [0.29, 0.717) is 18.2 Å². The highest BCUT2D eigenvalue weighted by atomic mass is 35.5. The van der Waals surface area contributed by atoms with Crippen LogP contribution in [0.2, 0.25) is 10.0 Å². The summed E-state index contributed by atoms with van der Waals surface area (Å²) in [5, 5.41) is 3.58. The van der Waals surface area contributed by atoms with E-state index < -0.39 is 9.84 Å². The number of sulfone groups is 1. The van der Waals surface area contributed by atoms with Gasteiger partial charge in [0.2, 0.25) is 0 Å². The second kappa shape index (κ2) is 7.45. The number of hydrogen-bond donors (Lipinski definition) is 1. The zero-order valence-corrected chi connectivity index (χ0v) is 13.1. The SMILES string of the molecule is CCNC(COC)CS(=O)(=O)c1cc(Cl)ccc1Cl. The lowest BCUT2D eigenvalue weighted by atomic mass is 10.3. The first kappa shape index (κ1) is 16.7. The molecule has 19 heavy (non-hydrogen) atoms. The average Bonchev–Trinajstić information content (AvgIpc) is 2.32. The molecule has 0 aliphatic rings. The minimum Gasteiger partial charge on any atom is -0.383 e. The van der Waals surface area contributed by atoms with Crippen LogP contribution in [0.25, 0.3) is 0 Å². The van der Waals surface area contributed by atoms with Crippen LogP contribution >= 0.6 is 23.2 Å². The molecule has 0 heterocycles. The molecule has 0 radical (unpaired) electrons. The maximum Gasteiger partial charge on any atom is 0.181 e. The third-order valence-electron chi connectivity index (χ3n) is 2.51. The van der Waals surface area contributed by atoms with Crippen LogP contribution in [0.3, 0.4) is 0 Å². The fraction of sp³-hybridized carbons (Fsp3) is 0.500. The van der Waals surface area contributed by atoms with E-state index >= 15 is 0 Å². The molecule has 1 aromatic carbocycles. The molecule has 0 bridgehead atoms. The van der Waals surface area contributed by atoms with Gasteiger partial charge >= 0.3 is 0 Å². The summed E-state index contributed by atoms with van der Waals surface area (Å²) in [7, 11) is -1.98. The highest BCUT2D eigenvalue weighted by Crippen LogP contribution is 2.26. The molecule has 0 saturated carbocycles. The van der Waals surface area contributed by atoms with Gasteiger partial charge < -0.3 is 10.1 Å². The molecule has 0 amide bonds. The van der Waals surface area contributed by atoms with Crippen molar-refractivity contribution in [2.45, 2.75) is 17.9 Å². The first-order chi connectivity index (χ1) is 8.90. The first-order valence-electron chi connectivity index (χ1n) is 5.80. The van der Waals surface area contributed by atoms with Crippen LogP contribution in [0, 0.1) is 0 Å². The third kappa shape index (κ3) is 4.93. The molecule has 1 rings (SSSR count). The van der Waals surface area contributed by atoms with Crippen molar-refractivity contribution < 1.29 is 13.2 Å². The van der Waals surface area contributed by atoms with Gasteiger partial charge in [-0.05, 0) is 24.7 Å². The third-order valence-corrected chi connectivity index (χ3v) is 5.04. The molecule has 0 spiro atoms. The lowest BCUT2D eigenvalue weighted by molar-refractivity contribution is 0.174. The van der Waals surface area contributed by atoms with E-state index in [4.69, 9.17) is 27.9 Å². The molecule has 1 unspecified atom stereocenters. The van der Waals surface area contributed by atoms with Crippen LogP contribution in [0.5, 0.6) is 0 Å². The lowest BCUT2D eigenvalue weighted by Crippen LogP contribution is -2.39. The molecular weight excluding hydrogens is 309 g/mol. The highest BCUT2D eigenvalue weighted by molar-refractivity contribution is 7.91. The van der Waals surface area contributed by atoms with Crippen LogP contribution in [0.1, 0.15) is 6.92 Å². The minimum absolute atomic E-state index is 0.0562. The molecule has 0 aliphatic heterocycles. The number of ether oxygens (including phenoxy) is 1. The van der Waals surface area contributed by atoms with E-state index in [1.165, 1.54) is 19.2 Å². The van der Waals surface area contributed by atoms with Crippen molar-refractivity contribution in [3.63, 3.8) is 0 Å². The number of benzene rings is 1. The highest BCUT2D eigenvalue weighted by Gasteiger charge is 2.23. The van der Waals surface area contributed by atoms with Gasteiger partial charge in [-0.15, -0.1) is 0 Å². The van der Waals surface area contributed by atoms with Crippen LogP contribution in [-0.2, 0) is 14.6 Å². The van der Waals surface area contributed by atoms with Gasteiger partial charge in [0, 0.05) is 18.2 Å². The number of likely N-dealkylation sites (N-methyl/N-ethyl adjacent to an activating group) is 1. The molecule has 0 aliphatic carbocycles. The fourth-order valence-electron chi connectivity index (χ4n) is 1.73. The van der Waals surface area contributed by atoms with Crippen molar-refractivity contribution in [1.29, 1.82) is 0 Å². The van der Waals surface area contributed by atoms with Gasteiger partial charge in [0.15, 0.2) is 9.84 Å². The molecule has 4 nitrogen and oxygen atoms in total. The Morgan fingerprint density at radius 1 is 1.37 bits per heavy atom. The van der Waals surface area contributed by atoms with Crippen molar-refractivity contribution in [1.82, 2.24) is 5.32 Å². The van der Waals surface area contributed by atoms with Gasteiger partial charge in [-0.2, -0.15) is 0 Å². The van der Waals surface area contributed by atoms with Crippen molar-refractivity contribution in [2.24, 2.45) is 0 Å². The summed E-state index contributed by atoms with van der Waals surface area (Å²) < 4.78 is 29.7. The van der Waals surface area contributed by atoms with E-state index in [9.17, 15) is 8.42 Å². The lowest BCUT2D eigenvalue weighted by Gasteiger charge is -2.17. The molecule has 0 aromatic heterocycles. The Morgan fingerprint density at radius 3 is 2.63 bits per heavy atom. The minimum atomic E-state index is -3.52. The summed E-state index contributed by atoms with van der Waals surface area (Å²) in [6.07, 6.45) is 0. The fourth-order valence-corrected chi connectivity index (χ4v) is 4.03. The quantitative estimate of drug-likeness (QED) is 0.836. The summed E-state index contributed by atoms with van der Waals surface area (Å²) in [6, 6.07) is 4.12. The van der Waals surface area contributed by atoms with E-state index in [0.717, 1.165) is 0 Å². The molecule has 0 fully saturated rings. The van der Waals surface area contributed by atoms with Crippen LogP contribution in [0.4, 0.5) is 0 Å². The molecule has 7 heteroatoms. The van der Waals surface area contributed by atoms with Gasteiger partial charge in [-0.1, -0.05) is 30.1 Å². The Balaban J connectivity index is 2.99. The Bertz CT molecular complexity index is 514. The van der Waals surface area contributed by atoms with Gasteiger partial charge in [-0.3, -0.25) is 0 Å². The predicted molar refractivity (Wildman–Crippen MR) is 77.9 cm³/mol. The van der Waals surface area contributed by atoms with Gasteiger partial charge in [0.25, 0.3) is 0 Å². The van der Waals surface area contributed by atoms with E-state index in [-0.39, 0.29) is 21.7 Å². The molecular formula is C12H17Cl2NO3S. The van der Waals surface area contributed by atoms with Crippen molar-refractivity contribution >= 4 is 33.0 Å². The molecule has 1 aromatic rings. The second-order valence-electron chi connectivity index (χ2n) is 4.07. The number of nitrogens with one attached hydrogen (secondary N) is 1. The van der Waals surface area contributed by atoms with Crippen LogP contribution in [0.15, 0.2) is 23.1 Å². The monoisotopic (exact) mass is 325 g/mol. The van der Waals surface area contributed by atoms with Crippen LogP contribution in [-0.4, -0.2) is 40.5 Å². The Kier molecular flexibility index (Phi) is 6.56. The second-order valence-corrected chi connectivity index (χ2v) is 6.91. The van der Waals surface area contributed by atoms with Crippen LogP contribution < -0.4 is 5.32 Å². The molecule has 1 N–H and O–H groups in total. The summed E-state index contributed by atoms with van der Waals surface area (Å²) in [5.74, 6) is -0.0885. The largest absolute Gasteiger partial charge is 0.383 e. The van der Waals surface area contributed by atoms with Crippen molar-refractivity contribution in [2.75, 3.05) is 26.0 Å². The summed E-state index contributed by atoms with van der Waals surface area (Å²) in [5.41, 5.74) is 0. The van der Waals surface area contributed by atoms with Crippen molar-refractivity contribution in [3.8, 4) is 0 Å².